The number of carbonyl (C=O) groups is 1. The maximum Gasteiger partial charge on any atom is 0.258 e. The summed E-state index contributed by atoms with van der Waals surface area (Å²) in [6, 6.07) is 11.3. The number of amides is 1. The third-order valence-corrected chi connectivity index (χ3v) is 5.88. The van der Waals surface area contributed by atoms with Crippen LogP contribution in [0, 0.1) is 0 Å². The molecule has 0 bridgehead atoms. The molecule has 2 aliphatic heterocycles. The summed E-state index contributed by atoms with van der Waals surface area (Å²) in [7, 11) is -3.33. The van der Waals surface area contributed by atoms with Gasteiger partial charge in [0.15, 0.2) is 21.3 Å². The first-order chi connectivity index (χ1) is 13.5. The number of hydrogen-bond acceptors (Lipinski definition) is 6. The summed E-state index contributed by atoms with van der Waals surface area (Å²) in [5, 5.41) is 1.16. The molecule has 8 heteroatoms. The smallest absolute Gasteiger partial charge is 0.258 e. The molecule has 4 rings (SSSR count). The lowest BCUT2D eigenvalue weighted by atomic mass is 10.1. The molecular weight excluding hydrogens is 382 g/mol. The molecule has 7 nitrogen and oxygen atoms in total. The van der Waals surface area contributed by atoms with Crippen molar-refractivity contribution in [2.45, 2.75) is 13.0 Å². The number of nitrogens with zero attached hydrogens (tertiary/aromatic N) is 1. The van der Waals surface area contributed by atoms with Crippen molar-refractivity contribution in [3.63, 3.8) is 0 Å². The van der Waals surface area contributed by atoms with Crippen molar-refractivity contribution < 1.29 is 27.4 Å². The third kappa shape index (κ3) is 3.55. The van der Waals surface area contributed by atoms with Gasteiger partial charge in [-0.1, -0.05) is 0 Å². The molecule has 0 N–H and O–H groups in total. The number of ether oxygens (including phenoxy) is 3. The van der Waals surface area contributed by atoms with E-state index in [1.165, 1.54) is 11.0 Å². The Kier molecular flexibility index (Phi) is 4.72. The van der Waals surface area contributed by atoms with E-state index in [0.717, 1.165) is 5.41 Å². The Morgan fingerprint density at radius 1 is 1.14 bits per heavy atom. The van der Waals surface area contributed by atoms with Crippen LogP contribution in [0.1, 0.15) is 17.3 Å². The Morgan fingerprint density at radius 3 is 2.57 bits per heavy atom. The summed E-state index contributed by atoms with van der Waals surface area (Å²) in [6.45, 7) is 2.53. The highest BCUT2D eigenvalue weighted by Gasteiger charge is 2.32. The molecule has 0 radical (unpaired) electrons. The number of anilines is 1. The monoisotopic (exact) mass is 401 g/mol. The van der Waals surface area contributed by atoms with Crippen LogP contribution in [0.3, 0.4) is 0 Å². The number of hydrogen-bond donors (Lipinski definition) is 0. The highest BCUT2D eigenvalue weighted by atomic mass is 32.2. The molecule has 0 fully saturated rings. The summed E-state index contributed by atoms with van der Waals surface area (Å²) < 4.78 is 40.0. The molecule has 146 valence electrons. The van der Waals surface area contributed by atoms with Crippen molar-refractivity contribution in [1.29, 1.82) is 0 Å². The molecular formula is C20H19NO6S. The Morgan fingerprint density at radius 2 is 1.89 bits per heavy atom. The molecule has 2 aliphatic rings. The second-order valence-corrected chi connectivity index (χ2v) is 8.33. The summed E-state index contributed by atoms with van der Waals surface area (Å²) in [4.78, 5) is 14.8. The van der Waals surface area contributed by atoms with E-state index in [9.17, 15) is 13.2 Å². The minimum atomic E-state index is -3.33. The quantitative estimate of drug-likeness (QED) is 0.766. The van der Waals surface area contributed by atoms with Gasteiger partial charge >= 0.3 is 0 Å². The van der Waals surface area contributed by atoms with Crippen LogP contribution >= 0.6 is 0 Å². The highest BCUT2D eigenvalue weighted by Crippen LogP contribution is 2.34. The first-order valence-corrected chi connectivity index (χ1v) is 10.6. The van der Waals surface area contributed by atoms with Gasteiger partial charge in [-0.15, -0.1) is 0 Å². The number of fused-ring (bicyclic) bond motifs is 1. The minimum Gasteiger partial charge on any atom is -0.494 e. The summed E-state index contributed by atoms with van der Waals surface area (Å²) in [6.07, 6.45) is 1.54. The standard InChI is InChI=1S/C20H19NO6S/c1-2-25-17-6-4-15(5-7-17)21(16-9-10-28(23,24)12-16)20(22)14-3-8-18-19(11-14)27-13-26-18/h3-11,16H,2,12-13H2,1H3/t16-/m0/s1. The molecule has 0 aromatic heterocycles. The van der Waals surface area contributed by atoms with E-state index in [4.69, 9.17) is 14.2 Å². The predicted octanol–water partition coefficient (Wildman–Crippen LogP) is 2.77. The zero-order valence-electron chi connectivity index (χ0n) is 15.2. The van der Waals surface area contributed by atoms with Crippen LogP contribution in [0.15, 0.2) is 53.9 Å². The zero-order chi connectivity index (χ0) is 19.7. The molecule has 2 heterocycles. The van der Waals surface area contributed by atoms with Crippen LogP contribution in [0.4, 0.5) is 5.69 Å². The fourth-order valence-electron chi connectivity index (χ4n) is 3.22. The average Bonchev–Trinajstić information content (AvgIpc) is 3.29. The lowest BCUT2D eigenvalue weighted by Gasteiger charge is -2.28. The fraction of sp³-hybridized carbons (Fsp3) is 0.250. The zero-order valence-corrected chi connectivity index (χ0v) is 16.0. The second-order valence-electron chi connectivity index (χ2n) is 6.40. The molecule has 0 unspecified atom stereocenters. The van der Waals surface area contributed by atoms with Gasteiger partial charge in [-0.2, -0.15) is 0 Å². The van der Waals surface area contributed by atoms with E-state index in [1.54, 1.807) is 42.5 Å². The Labute approximate surface area is 163 Å². The maximum absolute atomic E-state index is 13.3. The van der Waals surface area contributed by atoms with E-state index in [1.807, 2.05) is 6.92 Å². The van der Waals surface area contributed by atoms with E-state index in [2.05, 4.69) is 0 Å². The van der Waals surface area contributed by atoms with Crippen molar-refractivity contribution >= 4 is 21.4 Å². The van der Waals surface area contributed by atoms with Crippen LogP contribution in [-0.2, 0) is 9.84 Å². The fourth-order valence-corrected chi connectivity index (χ4v) is 4.49. The van der Waals surface area contributed by atoms with Crippen LogP contribution in [-0.4, -0.2) is 39.5 Å². The van der Waals surface area contributed by atoms with Crippen LogP contribution in [0.2, 0.25) is 0 Å². The van der Waals surface area contributed by atoms with Gasteiger partial charge in [-0.25, -0.2) is 8.42 Å². The molecule has 0 saturated carbocycles. The van der Waals surface area contributed by atoms with Gasteiger partial charge in [0.05, 0.1) is 18.4 Å². The second kappa shape index (κ2) is 7.20. The van der Waals surface area contributed by atoms with Crippen molar-refractivity contribution in [1.82, 2.24) is 0 Å². The summed E-state index contributed by atoms with van der Waals surface area (Å²) in [5.41, 5.74) is 0.966. The molecule has 1 atom stereocenters. The molecule has 1 amide bonds. The predicted molar refractivity (Wildman–Crippen MR) is 104 cm³/mol. The number of carbonyl (C=O) groups excluding carboxylic acids is 1. The van der Waals surface area contributed by atoms with E-state index >= 15 is 0 Å². The Bertz CT molecular complexity index is 1030. The lowest BCUT2D eigenvalue weighted by molar-refractivity contribution is 0.0982. The van der Waals surface area contributed by atoms with E-state index < -0.39 is 15.9 Å². The first kappa shape index (κ1) is 18.4. The molecule has 2 aromatic carbocycles. The largest absolute Gasteiger partial charge is 0.494 e. The Hall–Kier alpha value is -3.00. The lowest BCUT2D eigenvalue weighted by Crippen LogP contribution is -2.41. The van der Waals surface area contributed by atoms with E-state index in [-0.39, 0.29) is 18.5 Å². The average molecular weight is 401 g/mol. The topological polar surface area (TPSA) is 82.1 Å². The molecule has 0 spiro atoms. The summed E-state index contributed by atoms with van der Waals surface area (Å²) in [5.74, 6) is 1.27. The molecule has 28 heavy (non-hydrogen) atoms. The van der Waals surface area contributed by atoms with Gasteiger partial charge in [-0.05, 0) is 55.5 Å². The van der Waals surface area contributed by atoms with Gasteiger partial charge in [0.2, 0.25) is 6.79 Å². The number of benzene rings is 2. The van der Waals surface area contributed by atoms with Crippen LogP contribution in [0.5, 0.6) is 17.2 Å². The summed E-state index contributed by atoms with van der Waals surface area (Å²) >= 11 is 0. The van der Waals surface area contributed by atoms with Gasteiger partial charge in [0, 0.05) is 16.7 Å². The van der Waals surface area contributed by atoms with Crippen molar-refractivity contribution in [3.05, 3.63) is 59.5 Å². The van der Waals surface area contributed by atoms with Gasteiger partial charge in [-0.3, -0.25) is 4.79 Å². The van der Waals surface area contributed by atoms with Crippen molar-refractivity contribution in [2.24, 2.45) is 0 Å². The van der Waals surface area contributed by atoms with Crippen LogP contribution in [0.25, 0.3) is 0 Å². The van der Waals surface area contributed by atoms with Gasteiger partial charge in [0.25, 0.3) is 5.91 Å². The minimum absolute atomic E-state index is 0.110. The van der Waals surface area contributed by atoms with E-state index in [0.29, 0.717) is 35.1 Å². The molecule has 2 aromatic rings. The highest BCUT2D eigenvalue weighted by molar-refractivity contribution is 7.94. The Balaban J connectivity index is 1.70. The SMILES string of the molecule is CCOc1ccc(N(C(=O)c2ccc3c(c2)OCO3)[C@H]2C=CS(=O)(=O)C2)cc1. The maximum atomic E-state index is 13.3. The third-order valence-electron chi connectivity index (χ3n) is 4.51. The number of sulfone groups is 1. The first-order valence-electron chi connectivity index (χ1n) is 8.84. The van der Waals surface area contributed by atoms with Gasteiger partial charge < -0.3 is 19.1 Å². The van der Waals surface area contributed by atoms with Gasteiger partial charge in [0.1, 0.15) is 5.75 Å². The van der Waals surface area contributed by atoms with Crippen molar-refractivity contribution in [2.75, 3.05) is 24.1 Å². The van der Waals surface area contributed by atoms with Crippen LogP contribution < -0.4 is 19.1 Å². The molecule has 0 aliphatic carbocycles. The number of rotatable bonds is 5. The molecule has 0 saturated heterocycles. The van der Waals surface area contributed by atoms with Crippen molar-refractivity contribution in [3.8, 4) is 17.2 Å². The normalized spacial score (nSPS) is 18.8.